The summed E-state index contributed by atoms with van der Waals surface area (Å²) >= 11 is 0. The summed E-state index contributed by atoms with van der Waals surface area (Å²) in [6, 6.07) is 0.424. The van der Waals surface area contributed by atoms with Gasteiger partial charge in [0, 0.05) is 31.2 Å². The Morgan fingerprint density at radius 3 is 2.45 bits per heavy atom. The van der Waals surface area contributed by atoms with Crippen LogP contribution in [0, 0.1) is 11.8 Å². The number of rotatable bonds is 8. The van der Waals surface area contributed by atoms with Crippen LogP contribution in [0.4, 0.5) is 0 Å². The topological polar surface area (TPSA) is 40.6 Å². The zero-order chi connectivity index (χ0) is 21.2. The molecule has 0 aliphatic carbocycles. The number of amides is 2. The van der Waals surface area contributed by atoms with Crippen LogP contribution < -0.4 is 0 Å². The Kier molecular flexibility index (Phi) is 9.96. The summed E-state index contributed by atoms with van der Waals surface area (Å²) in [6.07, 6.45) is 16.3. The third-order valence-electron chi connectivity index (χ3n) is 6.68. The molecular weight excluding hydrogens is 360 g/mol. The van der Waals surface area contributed by atoms with Gasteiger partial charge in [-0.2, -0.15) is 0 Å². The van der Waals surface area contributed by atoms with Crippen molar-refractivity contribution in [2.75, 3.05) is 19.6 Å². The van der Waals surface area contributed by atoms with Crippen molar-refractivity contribution in [3.05, 3.63) is 23.8 Å². The minimum absolute atomic E-state index is 0.00678. The molecule has 2 heterocycles. The van der Waals surface area contributed by atoms with Gasteiger partial charge < -0.3 is 9.80 Å². The van der Waals surface area contributed by atoms with Gasteiger partial charge in [0.25, 0.3) is 0 Å². The second-order valence-electron chi connectivity index (χ2n) is 8.96. The lowest BCUT2D eigenvalue weighted by Crippen LogP contribution is -2.45. The molecular formula is C25H42N2O2. The van der Waals surface area contributed by atoms with Crippen LogP contribution in [0.25, 0.3) is 0 Å². The Morgan fingerprint density at radius 2 is 1.79 bits per heavy atom. The maximum Gasteiger partial charge on any atom is 0.249 e. The molecule has 29 heavy (non-hydrogen) atoms. The van der Waals surface area contributed by atoms with Gasteiger partial charge in [-0.3, -0.25) is 9.59 Å². The van der Waals surface area contributed by atoms with Crippen LogP contribution in [0.1, 0.15) is 85.5 Å². The van der Waals surface area contributed by atoms with Crippen molar-refractivity contribution in [2.24, 2.45) is 11.8 Å². The number of nitrogens with zero attached hydrogens (tertiary/aromatic N) is 2. The molecule has 2 atom stereocenters. The van der Waals surface area contributed by atoms with Crippen molar-refractivity contribution in [1.29, 1.82) is 0 Å². The van der Waals surface area contributed by atoms with E-state index in [1.165, 1.54) is 19.3 Å². The molecule has 0 aromatic carbocycles. The summed E-state index contributed by atoms with van der Waals surface area (Å²) in [5, 5.41) is 0. The zero-order valence-electron chi connectivity index (χ0n) is 19.2. The molecule has 0 saturated carbocycles. The maximum atomic E-state index is 12.8. The van der Waals surface area contributed by atoms with Gasteiger partial charge in [-0.25, -0.2) is 0 Å². The molecule has 2 aliphatic heterocycles. The highest BCUT2D eigenvalue weighted by Crippen LogP contribution is 2.27. The largest absolute Gasteiger partial charge is 0.339 e. The number of hydrogen-bond donors (Lipinski definition) is 0. The number of carbonyl (C=O) groups is 2. The van der Waals surface area contributed by atoms with E-state index in [4.69, 9.17) is 0 Å². The fourth-order valence-corrected chi connectivity index (χ4v) is 4.93. The number of likely N-dealkylation sites (tertiary alicyclic amines) is 2. The number of carbonyl (C=O) groups excluding carboxylic acids is 2. The van der Waals surface area contributed by atoms with Gasteiger partial charge in [0.1, 0.15) is 0 Å². The Bertz CT molecular complexity index is 588. The Morgan fingerprint density at radius 1 is 1.07 bits per heavy atom. The number of piperidine rings is 2. The molecule has 4 heteroatoms. The van der Waals surface area contributed by atoms with Gasteiger partial charge in [0.15, 0.2) is 0 Å². The minimum Gasteiger partial charge on any atom is -0.339 e. The second kappa shape index (κ2) is 12.2. The Balaban J connectivity index is 1.76. The first-order valence-corrected chi connectivity index (χ1v) is 11.9. The lowest BCUT2D eigenvalue weighted by atomic mass is 9.88. The van der Waals surface area contributed by atoms with Gasteiger partial charge >= 0.3 is 0 Å². The van der Waals surface area contributed by atoms with E-state index in [0.717, 1.165) is 69.7 Å². The second-order valence-corrected chi connectivity index (χ2v) is 8.96. The maximum absolute atomic E-state index is 12.8. The van der Waals surface area contributed by atoms with E-state index in [9.17, 15) is 9.59 Å². The van der Waals surface area contributed by atoms with E-state index in [2.05, 4.69) is 11.8 Å². The quantitative estimate of drug-likeness (QED) is 0.406. The lowest BCUT2D eigenvalue weighted by molar-refractivity contribution is -0.137. The first kappa shape index (κ1) is 23.7. The summed E-state index contributed by atoms with van der Waals surface area (Å²) in [5.41, 5.74) is 0.889. The van der Waals surface area contributed by atoms with Crippen LogP contribution in [-0.4, -0.2) is 47.3 Å². The predicted molar refractivity (Wildman–Crippen MR) is 121 cm³/mol. The highest BCUT2D eigenvalue weighted by atomic mass is 16.2. The van der Waals surface area contributed by atoms with Crippen LogP contribution in [-0.2, 0) is 9.59 Å². The summed E-state index contributed by atoms with van der Waals surface area (Å²) in [5.74, 6) is 1.24. The third kappa shape index (κ3) is 7.01. The molecule has 4 nitrogen and oxygen atoms in total. The highest BCUT2D eigenvalue weighted by molar-refractivity contribution is 5.92. The first-order valence-electron chi connectivity index (χ1n) is 11.9. The Labute approximate surface area is 178 Å². The van der Waals surface area contributed by atoms with E-state index in [1.807, 2.05) is 43.9 Å². The number of hydrogen-bond acceptors (Lipinski definition) is 2. The van der Waals surface area contributed by atoms with Crippen LogP contribution in [0.3, 0.4) is 0 Å². The number of allylic oxidation sites excluding steroid dienone is 2. The van der Waals surface area contributed by atoms with E-state index >= 15 is 0 Å². The van der Waals surface area contributed by atoms with E-state index < -0.39 is 0 Å². The van der Waals surface area contributed by atoms with Crippen molar-refractivity contribution in [1.82, 2.24) is 9.80 Å². The van der Waals surface area contributed by atoms with Crippen molar-refractivity contribution in [3.63, 3.8) is 0 Å². The fourth-order valence-electron chi connectivity index (χ4n) is 4.93. The van der Waals surface area contributed by atoms with Gasteiger partial charge in [0.05, 0.1) is 5.92 Å². The van der Waals surface area contributed by atoms with Gasteiger partial charge in [0.2, 0.25) is 11.8 Å². The molecule has 0 radical (unpaired) electrons. The monoisotopic (exact) mass is 402 g/mol. The summed E-state index contributed by atoms with van der Waals surface area (Å²) in [6.45, 7) is 10.7. The molecule has 2 aliphatic rings. The Hall–Kier alpha value is -1.58. The molecule has 2 amide bonds. The van der Waals surface area contributed by atoms with Gasteiger partial charge in [-0.1, -0.05) is 44.9 Å². The van der Waals surface area contributed by atoms with Crippen LogP contribution in [0.5, 0.6) is 0 Å². The average molecular weight is 403 g/mol. The summed E-state index contributed by atoms with van der Waals surface area (Å²) < 4.78 is 0. The van der Waals surface area contributed by atoms with Gasteiger partial charge in [-0.05, 0) is 64.7 Å². The summed E-state index contributed by atoms with van der Waals surface area (Å²) in [4.78, 5) is 29.4. The first-order chi connectivity index (χ1) is 14.0. The van der Waals surface area contributed by atoms with Crippen molar-refractivity contribution in [3.8, 4) is 0 Å². The van der Waals surface area contributed by atoms with E-state index in [-0.39, 0.29) is 11.8 Å². The highest BCUT2D eigenvalue weighted by Gasteiger charge is 2.29. The van der Waals surface area contributed by atoms with Crippen molar-refractivity contribution >= 4 is 11.8 Å². The minimum atomic E-state index is -0.00678. The van der Waals surface area contributed by atoms with Crippen molar-refractivity contribution in [2.45, 2.75) is 91.5 Å². The summed E-state index contributed by atoms with van der Waals surface area (Å²) in [7, 11) is 0. The van der Waals surface area contributed by atoms with Crippen LogP contribution in [0.2, 0.25) is 0 Å². The van der Waals surface area contributed by atoms with Crippen LogP contribution >= 0.6 is 0 Å². The molecule has 2 rings (SSSR count). The normalized spacial score (nSPS) is 22.9. The van der Waals surface area contributed by atoms with Crippen molar-refractivity contribution < 1.29 is 9.59 Å². The molecule has 0 aromatic heterocycles. The molecule has 0 N–H and O–H groups in total. The van der Waals surface area contributed by atoms with Gasteiger partial charge in [-0.15, -0.1) is 0 Å². The SMILES string of the molecule is CC=CC(C)C(=O)N1CCCCC1CCCC1CCN(C(=O)C(C)=CCC)CC1. The van der Waals surface area contributed by atoms with Crippen LogP contribution in [0.15, 0.2) is 23.8 Å². The van der Waals surface area contributed by atoms with E-state index in [0.29, 0.717) is 11.9 Å². The van der Waals surface area contributed by atoms with E-state index in [1.54, 1.807) is 0 Å². The lowest BCUT2D eigenvalue weighted by Gasteiger charge is -2.38. The molecule has 2 saturated heterocycles. The standard InChI is InChI=1S/C25H42N2O2/c1-5-10-20(3)24(28)26-18-15-22(16-19-26)12-9-14-23-13-7-8-17-27(23)25(29)21(4)11-6-2/h6,10-11,21-23H,5,7-9,12-19H2,1-4H3. The smallest absolute Gasteiger partial charge is 0.249 e. The molecule has 0 spiro atoms. The molecule has 2 unspecified atom stereocenters. The molecule has 164 valence electrons. The predicted octanol–water partition coefficient (Wildman–Crippen LogP) is 5.34. The fraction of sp³-hybridized carbons (Fsp3) is 0.760. The molecule has 0 bridgehead atoms. The zero-order valence-corrected chi connectivity index (χ0v) is 19.2. The average Bonchev–Trinajstić information content (AvgIpc) is 2.74. The third-order valence-corrected chi connectivity index (χ3v) is 6.68. The molecule has 0 aromatic rings. The molecule has 2 fully saturated rings.